The fourth-order valence-corrected chi connectivity index (χ4v) is 3.50. The number of hydrogen-bond donors (Lipinski definition) is 2. The Morgan fingerprint density at radius 1 is 0.783 bits per heavy atom. The summed E-state index contributed by atoms with van der Waals surface area (Å²) < 4.78 is 5.31. The Morgan fingerprint density at radius 3 is 1.61 bits per heavy atom. The van der Waals surface area contributed by atoms with Crippen LogP contribution in [0.2, 0.25) is 0 Å². The number of nitrogens with one attached hydrogen (secondary N) is 2. The highest BCUT2D eigenvalue weighted by molar-refractivity contribution is 5.52. The second kappa shape index (κ2) is 5.99. The number of hydrogen-bond acceptors (Lipinski definition) is 1. The lowest BCUT2D eigenvalue weighted by Crippen LogP contribution is -2.07. The number of methoxy groups -OCH3 is 1. The number of aromatic nitrogens is 2. The van der Waals surface area contributed by atoms with Crippen LogP contribution in [-0.2, 0) is 0 Å². The Kier molecular flexibility index (Phi) is 4.03. The largest absolute Gasteiger partial charge is 0.497 e. The molecule has 3 rings (SSSR count). The van der Waals surface area contributed by atoms with E-state index in [1.54, 1.807) is 7.11 Å². The third-order valence-corrected chi connectivity index (χ3v) is 4.69. The molecule has 0 amide bonds. The molecule has 3 aromatic rings. The molecule has 0 radical (unpaired) electrons. The monoisotopic (exact) mass is 308 g/mol. The number of H-pyrrole nitrogens is 2. The summed E-state index contributed by atoms with van der Waals surface area (Å²) in [5.41, 5.74) is 9.04. The average Bonchev–Trinajstić information content (AvgIpc) is 3.05. The maximum Gasteiger partial charge on any atom is 0.118 e. The predicted molar refractivity (Wildman–Crippen MR) is 94.5 cm³/mol. The van der Waals surface area contributed by atoms with Gasteiger partial charge in [0.15, 0.2) is 0 Å². The first-order valence-electron chi connectivity index (χ1n) is 7.95. The minimum absolute atomic E-state index is 0.221. The molecule has 2 heterocycles. The minimum atomic E-state index is 0.221. The van der Waals surface area contributed by atoms with E-state index < -0.39 is 0 Å². The number of rotatable bonds is 4. The lowest BCUT2D eigenvalue weighted by Gasteiger charge is -2.21. The van der Waals surface area contributed by atoms with E-state index in [0.717, 1.165) is 5.75 Å². The van der Waals surface area contributed by atoms with Crippen molar-refractivity contribution >= 4 is 0 Å². The first kappa shape index (κ1) is 15.5. The van der Waals surface area contributed by atoms with Crippen LogP contribution in [-0.4, -0.2) is 17.1 Å². The first-order chi connectivity index (χ1) is 11.0. The second-order valence-corrected chi connectivity index (χ2v) is 6.23. The van der Waals surface area contributed by atoms with Crippen LogP contribution in [0.4, 0.5) is 0 Å². The summed E-state index contributed by atoms with van der Waals surface area (Å²) >= 11 is 0. The van der Waals surface area contributed by atoms with Gasteiger partial charge in [0.05, 0.1) is 7.11 Å². The van der Waals surface area contributed by atoms with Crippen molar-refractivity contribution in [3.63, 3.8) is 0 Å². The lowest BCUT2D eigenvalue weighted by molar-refractivity contribution is 0.414. The molecule has 3 heteroatoms. The van der Waals surface area contributed by atoms with E-state index in [2.05, 4.69) is 62.2 Å². The lowest BCUT2D eigenvalue weighted by atomic mass is 9.82. The molecule has 0 bridgehead atoms. The molecular weight excluding hydrogens is 284 g/mol. The van der Waals surface area contributed by atoms with Gasteiger partial charge < -0.3 is 14.7 Å². The molecule has 0 saturated carbocycles. The summed E-state index contributed by atoms with van der Waals surface area (Å²) in [4.78, 5) is 6.75. The van der Waals surface area contributed by atoms with Crippen molar-refractivity contribution in [1.29, 1.82) is 0 Å². The topological polar surface area (TPSA) is 40.8 Å². The van der Waals surface area contributed by atoms with E-state index in [-0.39, 0.29) is 5.92 Å². The van der Waals surface area contributed by atoms with Crippen molar-refractivity contribution < 1.29 is 4.74 Å². The van der Waals surface area contributed by atoms with Gasteiger partial charge in [0, 0.05) is 29.7 Å². The van der Waals surface area contributed by atoms with Gasteiger partial charge in [-0.25, -0.2) is 0 Å². The van der Waals surface area contributed by atoms with Crippen LogP contribution in [0.5, 0.6) is 5.75 Å². The summed E-state index contributed by atoms with van der Waals surface area (Å²) in [5.74, 6) is 1.11. The van der Waals surface area contributed by atoms with Crippen LogP contribution in [0, 0.1) is 27.7 Å². The fraction of sp³-hybridized carbons (Fsp3) is 0.300. The number of benzene rings is 1. The van der Waals surface area contributed by atoms with Gasteiger partial charge >= 0.3 is 0 Å². The molecule has 0 aliphatic rings. The van der Waals surface area contributed by atoms with Crippen LogP contribution in [0.25, 0.3) is 0 Å². The van der Waals surface area contributed by atoms with Crippen molar-refractivity contribution in [3.8, 4) is 5.75 Å². The predicted octanol–water partition coefficient (Wildman–Crippen LogP) is 4.77. The maximum atomic E-state index is 5.31. The van der Waals surface area contributed by atoms with Crippen LogP contribution in [0.1, 0.15) is 45.1 Å². The minimum Gasteiger partial charge on any atom is -0.497 e. The van der Waals surface area contributed by atoms with E-state index in [1.165, 1.54) is 39.2 Å². The molecule has 0 aliphatic carbocycles. The van der Waals surface area contributed by atoms with Crippen LogP contribution >= 0.6 is 0 Å². The molecule has 0 atom stereocenters. The zero-order valence-corrected chi connectivity index (χ0v) is 14.4. The second-order valence-electron chi connectivity index (χ2n) is 6.23. The van der Waals surface area contributed by atoms with Gasteiger partial charge in [0.25, 0.3) is 0 Å². The van der Waals surface area contributed by atoms with Crippen LogP contribution < -0.4 is 4.74 Å². The molecule has 0 saturated heterocycles. The first-order valence-corrected chi connectivity index (χ1v) is 7.95. The Bertz CT molecular complexity index is 724. The van der Waals surface area contributed by atoms with Gasteiger partial charge in [-0.05, 0) is 67.6 Å². The van der Waals surface area contributed by atoms with Crippen molar-refractivity contribution in [2.45, 2.75) is 33.6 Å². The van der Waals surface area contributed by atoms with Gasteiger partial charge in [0.2, 0.25) is 0 Å². The van der Waals surface area contributed by atoms with Gasteiger partial charge in [-0.3, -0.25) is 0 Å². The summed E-state index contributed by atoms with van der Waals surface area (Å²) in [6, 6.07) is 8.41. The highest BCUT2D eigenvalue weighted by atomic mass is 16.5. The standard InChI is InChI=1S/C20H24N2O/c1-12-10-21-14(3)18(12)20(19-13(2)11-22-15(19)4)16-6-8-17(23-5)9-7-16/h6-11,20-22H,1-5H3. The quantitative estimate of drug-likeness (QED) is 0.716. The molecule has 2 aromatic heterocycles. The normalized spacial score (nSPS) is 11.2. The molecule has 2 N–H and O–H groups in total. The van der Waals surface area contributed by atoms with E-state index >= 15 is 0 Å². The number of ether oxygens (including phenoxy) is 1. The molecule has 0 fully saturated rings. The highest BCUT2D eigenvalue weighted by Gasteiger charge is 2.25. The summed E-state index contributed by atoms with van der Waals surface area (Å²) in [5, 5.41) is 0. The Hall–Kier alpha value is -2.42. The summed E-state index contributed by atoms with van der Waals surface area (Å²) in [6.07, 6.45) is 4.19. The Balaban J connectivity index is 2.22. The van der Waals surface area contributed by atoms with E-state index in [9.17, 15) is 0 Å². The van der Waals surface area contributed by atoms with Crippen molar-refractivity contribution in [2.24, 2.45) is 0 Å². The zero-order chi connectivity index (χ0) is 16.6. The van der Waals surface area contributed by atoms with Gasteiger partial charge in [-0.2, -0.15) is 0 Å². The third-order valence-electron chi connectivity index (χ3n) is 4.69. The van der Waals surface area contributed by atoms with E-state index in [1.807, 2.05) is 12.1 Å². The molecule has 120 valence electrons. The van der Waals surface area contributed by atoms with Gasteiger partial charge in [0.1, 0.15) is 5.75 Å². The molecule has 23 heavy (non-hydrogen) atoms. The van der Waals surface area contributed by atoms with Crippen molar-refractivity contribution in [1.82, 2.24) is 9.97 Å². The van der Waals surface area contributed by atoms with Crippen LogP contribution in [0.15, 0.2) is 36.7 Å². The maximum absolute atomic E-state index is 5.31. The molecule has 1 aromatic carbocycles. The SMILES string of the molecule is COc1ccc(C(c2c(C)c[nH]c2C)c2c(C)c[nH]c2C)cc1. The molecule has 3 nitrogen and oxygen atoms in total. The fourth-order valence-electron chi connectivity index (χ4n) is 3.50. The molecule has 0 unspecified atom stereocenters. The Morgan fingerprint density at radius 2 is 1.26 bits per heavy atom. The number of aryl methyl sites for hydroxylation is 4. The van der Waals surface area contributed by atoms with Gasteiger partial charge in [-0.15, -0.1) is 0 Å². The van der Waals surface area contributed by atoms with Crippen LogP contribution in [0.3, 0.4) is 0 Å². The van der Waals surface area contributed by atoms with Crippen molar-refractivity contribution in [3.05, 3.63) is 75.9 Å². The average molecular weight is 308 g/mol. The number of aromatic amines is 2. The molecule has 0 spiro atoms. The summed E-state index contributed by atoms with van der Waals surface area (Å²) in [6.45, 7) is 8.64. The molecule has 0 aliphatic heterocycles. The van der Waals surface area contributed by atoms with E-state index in [0.29, 0.717) is 0 Å². The smallest absolute Gasteiger partial charge is 0.118 e. The Labute approximate surface area is 137 Å². The molecular formula is C20H24N2O. The highest BCUT2D eigenvalue weighted by Crippen LogP contribution is 2.39. The van der Waals surface area contributed by atoms with Crippen molar-refractivity contribution in [2.75, 3.05) is 7.11 Å². The summed E-state index contributed by atoms with van der Waals surface area (Å²) in [7, 11) is 1.70. The van der Waals surface area contributed by atoms with Gasteiger partial charge in [-0.1, -0.05) is 12.1 Å². The third kappa shape index (κ3) is 2.67. The van der Waals surface area contributed by atoms with E-state index in [4.69, 9.17) is 4.74 Å². The zero-order valence-electron chi connectivity index (χ0n) is 14.4.